The minimum atomic E-state index is -0.292. The van der Waals surface area contributed by atoms with E-state index in [1.807, 2.05) is 12.1 Å². The van der Waals surface area contributed by atoms with Gasteiger partial charge in [-0.1, -0.05) is 19.9 Å². The first-order chi connectivity index (χ1) is 9.61. The number of hydrogen-bond donors (Lipinski definition) is 1. The van der Waals surface area contributed by atoms with Gasteiger partial charge in [-0.05, 0) is 30.0 Å². The van der Waals surface area contributed by atoms with Crippen LogP contribution in [0.15, 0.2) is 18.2 Å². The van der Waals surface area contributed by atoms with Gasteiger partial charge in [-0.25, -0.2) is 4.39 Å². The topological polar surface area (TPSA) is 24.5 Å². The van der Waals surface area contributed by atoms with E-state index < -0.39 is 0 Å². The van der Waals surface area contributed by atoms with Gasteiger partial charge in [0.05, 0.1) is 7.11 Å². The van der Waals surface area contributed by atoms with Crippen LogP contribution in [0.5, 0.6) is 5.75 Å². The number of nitrogens with one attached hydrogen (secondary N) is 1. The minimum absolute atomic E-state index is 0. The molecule has 6 heteroatoms. The van der Waals surface area contributed by atoms with Crippen LogP contribution in [0.1, 0.15) is 31.9 Å². The summed E-state index contributed by atoms with van der Waals surface area (Å²) in [6.07, 6.45) is 1.08. The molecule has 128 valence electrons. The number of methoxy groups -OCH3 is 1. The van der Waals surface area contributed by atoms with Gasteiger partial charge >= 0.3 is 0 Å². The lowest BCUT2D eigenvalue weighted by Gasteiger charge is -2.36. The third kappa shape index (κ3) is 5.58. The van der Waals surface area contributed by atoms with Gasteiger partial charge in [-0.3, -0.25) is 4.90 Å². The number of rotatable bonds is 5. The summed E-state index contributed by atoms with van der Waals surface area (Å²) in [5.74, 6) is 0.650. The molecular formula is C16H27Cl2FN2O. The molecule has 1 fully saturated rings. The summed E-state index contributed by atoms with van der Waals surface area (Å²) < 4.78 is 18.7. The van der Waals surface area contributed by atoms with Gasteiger partial charge in [0.25, 0.3) is 0 Å². The molecule has 0 bridgehead atoms. The van der Waals surface area contributed by atoms with Gasteiger partial charge in [-0.2, -0.15) is 0 Å². The van der Waals surface area contributed by atoms with E-state index >= 15 is 0 Å². The Morgan fingerprint density at radius 3 is 2.41 bits per heavy atom. The Morgan fingerprint density at radius 1 is 1.23 bits per heavy atom. The molecule has 1 N–H and O–H groups in total. The molecule has 0 unspecified atom stereocenters. The predicted octanol–water partition coefficient (Wildman–Crippen LogP) is 3.67. The molecule has 1 heterocycles. The molecule has 0 amide bonds. The molecule has 0 radical (unpaired) electrons. The second-order valence-electron chi connectivity index (χ2n) is 5.83. The first-order valence-electron chi connectivity index (χ1n) is 7.40. The van der Waals surface area contributed by atoms with Crippen molar-refractivity contribution < 1.29 is 9.13 Å². The first-order valence-corrected chi connectivity index (χ1v) is 7.40. The molecular weight excluding hydrogens is 326 g/mol. The van der Waals surface area contributed by atoms with Crippen molar-refractivity contribution in [2.45, 2.75) is 26.3 Å². The highest BCUT2D eigenvalue weighted by Crippen LogP contribution is 2.31. The van der Waals surface area contributed by atoms with Gasteiger partial charge < -0.3 is 10.1 Å². The molecule has 1 atom stereocenters. The second kappa shape index (κ2) is 10.3. The lowest BCUT2D eigenvalue weighted by molar-refractivity contribution is 0.153. The summed E-state index contributed by atoms with van der Waals surface area (Å²) in [6, 6.07) is 5.60. The van der Waals surface area contributed by atoms with E-state index in [9.17, 15) is 4.39 Å². The molecule has 0 saturated carbocycles. The standard InChI is InChI=1S/C16H25FN2O.2ClH/c1-12(2)10-15(19-8-6-18-7-9-19)13-4-5-14(17)16(11-13)20-3;;/h4-5,11-12,15,18H,6-10H2,1-3H3;2*1H/t15-;;/m1../s1. The zero-order valence-electron chi connectivity index (χ0n) is 13.5. The molecule has 1 aliphatic heterocycles. The number of benzene rings is 1. The van der Waals surface area contributed by atoms with E-state index in [1.165, 1.54) is 13.2 Å². The smallest absolute Gasteiger partial charge is 0.165 e. The number of nitrogens with zero attached hydrogens (tertiary/aromatic N) is 1. The zero-order chi connectivity index (χ0) is 14.5. The molecule has 1 aliphatic rings. The second-order valence-corrected chi connectivity index (χ2v) is 5.83. The highest BCUT2D eigenvalue weighted by Gasteiger charge is 2.23. The van der Waals surface area contributed by atoms with Gasteiger partial charge in [0.2, 0.25) is 0 Å². The van der Waals surface area contributed by atoms with Crippen molar-refractivity contribution in [1.29, 1.82) is 0 Å². The maximum absolute atomic E-state index is 13.6. The van der Waals surface area contributed by atoms with Crippen LogP contribution < -0.4 is 10.1 Å². The summed E-state index contributed by atoms with van der Waals surface area (Å²) in [4.78, 5) is 2.49. The Kier molecular flexibility index (Phi) is 10.0. The average Bonchev–Trinajstić information content (AvgIpc) is 2.46. The average molecular weight is 353 g/mol. The van der Waals surface area contributed by atoms with Crippen LogP contribution in [0.4, 0.5) is 4.39 Å². The molecule has 1 saturated heterocycles. The van der Waals surface area contributed by atoms with E-state index in [-0.39, 0.29) is 30.6 Å². The molecule has 2 rings (SSSR count). The molecule has 1 aromatic rings. The van der Waals surface area contributed by atoms with Crippen LogP contribution in [-0.4, -0.2) is 38.2 Å². The fourth-order valence-electron chi connectivity index (χ4n) is 2.82. The van der Waals surface area contributed by atoms with Crippen molar-refractivity contribution in [2.24, 2.45) is 5.92 Å². The fourth-order valence-corrected chi connectivity index (χ4v) is 2.82. The third-order valence-electron chi connectivity index (χ3n) is 3.85. The maximum atomic E-state index is 13.6. The molecule has 22 heavy (non-hydrogen) atoms. The summed E-state index contributed by atoms with van der Waals surface area (Å²) in [5, 5.41) is 3.38. The third-order valence-corrected chi connectivity index (χ3v) is 3.85. The van der Waals surface area contributed by atoms with Gasteiger partial charge in [0.1, 0.15) is 0 Å². The Hall–Kier alpha value is -0.550. The normalized spacial score (nSPS) is 16.6. The fraction of sp³-hybridized carbons (Fsp3) is 0.625. The van der Waals surface area contributed by atoms with Gasteiger partial charge in [0.15, 0.2) is 11.6 Å². The summed E-state index contributed by atoms with van der Waals surface area (Å²) in [7, 11) is 1.52. The number of ether oxygens (including phenoxy) is 1. The van der Waals surface area contributed by atoms with Crippen LogP contribution in [-0.2, 0) is 0 Å². The summed E-state index contributed by atoms with van der Waals surface area (Å²) >= 11 is 0. The number of hydrogen-bond acceptors (Lipinski definition) is 3. The number of piperazine rings is 1. The van der Waals surface area contributed by atoms with Gasteiger partial charge in [-0.15, -0.1) is 24.8 Å². The summed E-state index contributed by atoms with van der Waals surface area (Å²) in [5.41, 5.74) is 1.15. The Bertz CT molecular complexity index is 440. The monoisotopic (exact) mass is 352 g/mol. The molecule has 1 aromatic carbocycles. The SMILES string of the molecule is COc1cc([C@@H](CC(C)C)N2CCNCC2)ccc1F.Cl.Cl. The van der Waals surface area contributed by atoms with Crippen molar-refractivity contribution in [3.05, 3.63) is 29.6 Å². The van der Waals surface area contributed by atoms with E-state index in [0.29, 0.717) is 17.7 Å². The van der Waals surface area contributed by atoms with E-state index in [2.05, 4.69) is 24.1 Å². The van der Waals surface area contributed by atoms with Crippen molar-refractivity contribution in [1.82, 2.24) is 10.2 Å². The Balaban J connectivity index is 0.00000220. The van der Waals surface area contributed by atoms with Crippen molar-refractivity contribution in [2.75, 3.05) is 33.3 Å². The van der Waals surface area contributed by atoms with Gasteiger partial charge in [0, 0.05) is 32.2 Å². The van der Waals surface area contributed by atoms with Crippen LogP contribution >= 0.6 is 24.8 Å². The van der Waals surface area contributed by atoms with E-state index in [1.54, 1.807) is 0 Å². The molecule has 0 aliphatic carbocycles. The predicted molar refractivity (Wildman–Crippen MR) is 94.1 cm³/mol. The molecule has 3 nitrogen and oxygen atoms in total. The first kappa shape index (κ1) is 21.4. The van der Waals surface area contributed by atoms with E-state index in [0.717, 1.165) is 38.2 Å². The number of halogens is 3. The lowest BCUT2D eigenvalue weighted by atomic mass is 9.95. The Labute approximate surface area is 145 Å². The Morgan fingerprint density at radius 2 is 1.86 bits per heavy atom. The highest BCUT2D eigenvalue weighted by molar-refractivity contribution is 5.85. The van der Waals surface area contributed by atoms with Crippen LogP contribution in [0, 0.1) is 11.7 Å². The minimum Gasteiger partial charge on any atom is -0.494 e. The van der Waals surface area contributed by atoms with E-state index in [4.69, 9.17) is 4.74 Å². The van der Waals surface area contributed by atoms with Crippen LogP contribution in [0.25, 0.3) is 0 Å². The van der Waals surface area contributed by atoms with Crippen molar-refractivity contribution >= 4 is 24.8 Å². The molecule has 0 spiro atoms. The summed E-state index contributed by atoms with van der Waals surface area (Å²) in [6.45, 7) is 8.58. The van der Waals surface area contributed by atoms with Crippen LogP contribution in [0.2, 0.25) is 0 Å². The van der Waals surface area contributed by atoms with Crippen molar-refractivity contribution in [3.63, 3.8) is 0 Å². The largest absolute Gasteiger partial charge is 0.494 e. The molecule has 0 aromatic heterocycles. The van der Waals surface area contributed by atoms with Crippen LogP contribution in [0.3, 0.4) is 0 Å². The zero-order valence-corrected chi connectivity index (χ0v) is 15.1. The maximum Gasteiger partial charge on any atom is 0.165 e. The quantitative estimate of drug-likeness (QED) is 0.874. The lowest BCUT2D eigenvalue weighted by Crippen LogP contribution is -2.45. The van der Waals surface area contributed by atoms with Crippen molar-refractivity contribution in [3.8, 4) is 5.75 Å². The highest BCUT2D eigenvalue weighted by atomic mass is 35.5.